The minimum atomic E-state index is -0.238. The van der Waals surface area contributed by atoms with E-state index in [0.29, 0.717) is 29.8 Å². The van der Waals surface area contributed by atoms with Crippen LogP contribution in [0.5, 0.6) is 5.88 Å². The number of carbonyl (C=O) groups excluding carboxylic acids is 1. The van der Waals surface area contributed by atoms with E-state index in [4.69, 9.17) is 9.47 Å². The van der Waals surface area contributed by atoms with Crippen molar-refractivity contribution in [2.75, 3.05) is 18.5 Å². The Morgan fingerprint density at radius 2 is 2.10 bits per heavy atom. The normalized spacial score (nSPS) is 18.3. The second-order valence-electron chi connectivity index (χ2n) is 8.00. The van der Waals surface area contributed by atoms with Gasteiger partial charge in [-0.1, -0.05) is 6.07 Å². The number of fused-ring (bicyclic) bond motifs is 1. The lowest BCUT2D eigenvalue weighted by Gasteiger charge is -2.35. The Morgan fingerprint density at radius 3 is 2.90 bits per heavy atom. The molecule has 4 rings (SSSR count). The van der Waals surface area contributed by atoms with Crippen LogP contribution in [0, 0.1) is 5.92 Å². The summed E-state index contributed by atoms with van der Waals surface area (Å²) in [5, 5.41) is 4.77. The predicted octanol–water partition coefficient (Wildman–Crippen LogP) is 4.47. The van der Waals surface area contributed by atoms with Crippen LogP contribution in [0.15, 0.2) is 54.9 Å². The van der Waals surface area contributed by atoms with Gasteiger partial charge in [-0.15, -0.1) is 0 Å². The van der Waals surface area contributed by atoms with Gasteiger partial charge in [0.1, 0.15) is 5.69 Å². The van der Waals surface area contributed by atoms with Gasteiger partial charge < -0.3 is 14.8 Å². The average Bonchev–Trinajstić information content (AvgIpc) is 2.72. The molecule has 29 heavy (non-hydrogen) atoms. The van der Waals surface area contributed by atoms with Crippen molar-refractivity contribution in [3.05, 3.63) is 60.6 Å². The average molecular weight is 391 g/mol. The van der Waals surface area contributed by atoms with Gasteiger partial charge >= 0.3 is 0 Å². The van der Waals surface area contributed by atoms with Gasteiger partial charge in [0.25, 0.3) is 5.91 Å². The van der Waals surface area contributed by atoms with E-state index < -0.39 is 0 Å². The number of nitrogens with zero attached hydrogens (tertiary/aromatic N) is 2. The lowest BCUT2D eigenvalue weighted by Crippen LogP contribution is -2.36. The first-order chi connectivity index (χ1) is 14.0. The van der Waals surface area contributed by atoms with Crippen molar-refractivity contribution in [3.63, 3.8) is 0 Å². The minimum absolute atomic E-state index is 0.0980. The molecule has 150 valence electrons. The van der Waals surface area contributed by atoms with Gasteiger partial charge in [0.05, 0.1) is 12.2 Å². The van der Waals surface area contributed by atoms with Crippen LogP contribution in [0.2, 0.25) is 0 Å². The summed E-state index contributed by atoms with van der Waals surface area (Å²) in [6, 6.07) is 12.9. The molecule has 2 aromatic heterocycles. The number of amides is 1. The topological polar surface area (TPSA) is 73.3 Å². The van der Waals surface area contributed by atoms with Crippen LogP contribution in [0.1, 0.15) is 37.2 Å². The Kier molecular flexibility index (Phi) is 5.45. The molecular formula is C23H25N3O3. The van der Waals surface area contributed by atoms with Crippen molar-refractivity contribution in [1.82, 2.24) is 9.97 Å². The van der Waals surface area contributed by atoms with Crippen molar-refractivity contribution < 1.29 is 14.3 Å². The summed E-state index contributed by atoms with van der Waals surface area (Å²) in [5.74, 6) is 0.833. The number of hydrogen-bond acceptors (Lipinski definition) is 5. The first-order valence-corrected chi connectivity index (χ1v) is 9.88. The van der Waals surface area contributed by atoms with Crippen LogP contribution in [0.25, 0.3) is 10.8 Å². The third-order valence-corrected chi connectivity index (χ3v) is 5.14. The second-order valence-corrected chi connectivity index (χ2v) is 8.00. The summed E-state index contributed by atoms with van der Waals surface area (Å²) in [4.78, 5) is 20.8. The highest BCUT2D eigenvalue weighted by atomic mass is 16.5. The van der Waals surface area contributed by atoms with E-state index in [1.54, 1.807) is 30.6 Å². The highest BCUT2D eigenvalue weighted by Gasteiger charge is 2.29. The Labute approximate surface area is 170 Å². The number of rotatable bonds is 5. The molecule has 1 fully saturated rings. The van der Waals surface area contributed by atoms with Gasteiger partial charge in [-0.25, -0.2) is 4.98 Å². The Bertz CT molecular complexity index is 1000. The molecule has 1 saturated heterocycles. The zero-order chi connectivity index (χ0) is 20.3. The summed E-state index contributed by atoms with van der Waals surface area (Å²) in [6.45, 7) is 5.63. The number of carbonyl (C=O) groups is 1. The highest BCUT2D eigenvalue weighted by Crippen LogP contribution is 2.31. The number of pyridine rings is 2. The fourth-order valence-electron chi connectivity index (χ4n) is 3.73. The number of ether oxygens (including phenoxy) is 2. The first kappa shape index (κ1) is 19.3. The van der Waals surface area contributed by atoms with Gasteiger partial charge in [0.15, 0.2) is 0 Å². The Morgan fingerprint density at radius 1 is 1.21 bits per heavy atom. The fraction of sp³-hybridized carbons (Fsp3) is 0.348. The van der Waals surface area contributed by atoms with E-state index in [1.807, 2.05) is 24.3 Å². The molecule has 1 aromatic carbocycles. The van der Waals surface area contributed by atoms with Crippen LogP contribution in [-0.4, -0.2) is 34.7 Å². The Hall–Kier alpha value is -2.99. The number of hydrogen-bond donors (Lipinski definition) is 1. The summed E-state index contributed by atoms with van der Waals surface area (Å²) in [7, 11) is 0. The fourth-order valence-corrected chi connectivity index (χ4v) is 3.73. The second kappa shape index (κ2) is 8.17. The molecule has 0 radical (unpaired) electrons. The molecule has 1 atom stereocenters. The van der Waals surface area contributed by atoms with Gasteiger partial charge in [-0.05, 0) is 74.4 Å². The molecular weight excluding hydrogens is 366 g/mol. The third kappa shape index (κ3) is 4.71. The van der Waals surface area contributed by atoms with Crippen LogP contribution >= 0.6 is 0 Å². The van der Waals surface area contributed by atoms with E-state index >= 15 is 0 Å². The molecule has 1 aliphatic heterocycles. The molecule has 0 bridgehead atoms. The molecule has 1 N–H and O–H groups in total. The van der Waals surface area contributed by atoms with E-state index in [2.05, 4.69) is 29.1 Å². The van der Waals surface area contributed by atoms with Crippen LogP contribution < -0.4 is 10.1 Å². The number of nitrogens with one attached hydrogen (secondary N) is 1. The lowest BCUT2D eigenvalue weighted by molar-refractivity contribution is -0.0786. The largest absolute Gasteiger partial charge is 0.477 e. The van der Waals surface area contributed by atoms with E-state index in [-0.39, 0.29) is 11.5 Å². The molecule has 6 heteroatoms. The molecule has 3 aromatic rings. The minimum Gasteiger partial charge on any atom is -0.477 e. The van der Waals surface area contributed by atoms with Crippen LogP contribution in [-0.2, 0) is 4.74 Å². The molecule has 3 heterocycles. The van der Waals surface area contributed by atoms with E-state index in [1.165, 1.54) is 0 Å². The summed E-state index contributed by atoms with van der Waals surface area (Å²) in [6.07, 6.45) is 5.31. The number of anilines is 1. The van der Waals surface area contributed by atoms with Crippen molar-refractivity contribution in [2.24, 2.45) is 5.92 Å². The third-order valence-electron chi connectivity index (χ3n) is 5.14. The molecule has 0 spiro atoms. The molecule has 6 nitrogen and oxygen atoms in total. The van der Waals surface area contributed by atoms with Gasteiger partial charge in [0, 0.05) is 30.1 Å². The lowest BCUT2D eigenvalue weighted by atomic mass is 9.89. The quantitative estimate of drug-likeness (QED) is 0.695. The van der Waals surface area contributed by atoms with E-state index in [9.17, 15) is 4.79 Å². The highest BCUT2D eigenvalue weighted by molar-refractivity contribution is 6.04. The maximum absolute atomic E-state index is 12.3. The van der Waals surface area contributed by atoms with Crippen LogP contribution in [0.4, 0.5) is 5.69 Å². The molecule has 1 unspecified atom stereocenters. The molecule has 0 saturated carbocycles. The molecule has 1 amide bonds. The maximum atomic E-state index is 12.3. The van der Waals surface area contributed by atoms with Crippen molar-refractivity contribution in [1.29, 1.82) is 0 Å². The van der Waals surface area contributed by atoms with E-state index in [0.717, 1.165) is 30.2 Å². The smallest absolute Gasteiger partial charge is 0.274 e. The maximum Gasteiger partial charge on any atom is 0.274 e. The molecule has 1 aliphatic rings. The standard InChI is InChI=1S/C23H25N3O3/c1-23(2)14-16(9-12-29-23)15-28-22-19-7-6-18(13-17(19)8-11-25-22)26-21(27)20-5-3-4-10-24-20/h3-8,10-11,13,16H,9,12,14-15H2,1-2H3,(H,26,27). The Balaban J connectivity index is 1.47. The molecule has 0 aliphatic carbocycles. The van der Waals surface area contributed by atoms with Crippen molar-refractivity contribution in [3.8, 4) is 5.88 Å². The van der Waals surface area contributed by atoms with Crippen molar-refractivity contribution >= 4 is 22.4 Å². The number of benzene rings is 1. The van der Waals surface area contributed by atoms with Gasteiger partial charge in [-0.3, -0.25) is 9.78 Å². The summed E-state index contributed by atoms with van der Waals surface area (Å²) >= 11 is 0. The first-order valence-electron chi connectivity index (χ1n) is 9.88. The van der Waals surface area contributed by atoms with Gasteiger partial charge in [-0.2, -0.15) is 0 Å². The number of aromatic nitrogens is 2. The zero-order valence-electron chi connectivity index (χ0n) is 16.7. The predicted molar refractivity (Wildman–Crippen MR) is 112 cm³/mol. The van der Waals surface area contributed by atoms with Crippen LogP contribution in [0.3, 0.4) is 0 Å². The monoisotopic (exact) mass is 391 g/mol. The summed E-state index contributed by atoms with van der Waals surface area (Å²) < 4.78 is 11.9. The van der Waals surface area contributed by atoms with Gasteiger partial charge in [0.2, 0.25) is 5.88 Å². The zero-order valence-corrected chi connectivity index (χ0v) is 16.7. The SMILES string of the molecule is CC1(C)CC(COc2nccc3cc(NC(=O)c4ccccn4)ccc23)CCO1. The summed E-state index contributed by atoms with van der Waals surface area (Å²) in [5.41, 5.74) is 0.987. The van der Waals surface area contributed by atoms with Crippen molar-refractivity contribution in [2.45, 2.75) is 32.3 Å².